The summed E-state index contributed by atoms with van der Waals surface area (Å²) in [6.07, 6.45) is 5.82. The second-order valence-electron chi connectivity index (χ2n) is 4.09. The van der Waals surface area contributed by atoms with Gasteiger partial charge >= 0.3 is 0 Å². The topological polar surface area (TPSA) is 43.1 Å². The maximum absolute atomic E-state index is 11.5. The number of hydrogen-bond acceptors (Lipinski definition) is 1. The van der Waals surface area contributed by atoms with E-state index in [9.17, 15) is 4.79 Å². The fraction of sp³-hybridized carbons (Fsp3) is 0.0625. The van der Waals surface area contributed by atoms with Crippen molar-refractivity contribution in [2.24, 2.45) is 5.73 Å². The van der Waals surface area contributed by atoms with Crippen LogP contribution in [0.3, 0.4) is 0 Å². The molecule has 0 saturated carbocycles. The quantitative estimate of drug-likeness (QED) is 0.854. The van der Waals surface area contributed by atoms with Gasteiger partial charge in [0.15, 0.2) is 0 Å². The van der Waals surface area contributed by atoms with Crippen molar-refractivity contribution in [2.75, 3.05) is 0 Å². The van der Waals surface area contributed by atoms with Gasteiger partial charge in [-0.3, -0.25) is 4.79 Å². The molecule has 19 heavy (non-hydrogen) atoms. The van der Waals surface area contributed by atoms with Gasteiger partial charge in [0.2, 0.25) is 5.91 Å². The van der Waals surface area contributed by atoms with Crippen molar-refractivity contribution in [1.29, 1.82) is 0 Å². The van der Waals surface area contributed by atoms with Crippen molar-refractivity contribution in [3.8, 4) is 23.5 Å². The molecule has 0 atom stereocenters. The molecule has 2 nitrogen and oxygen atoms in total. The van der Waals surface area contributed by atoms with Crippen LogP contribution in [0.1, 0.15) is 15.9 Å². The summed E-state index contributed by atoms with van der Waals surface area (Å²) < 4.78 is 0. The minimum atomic E-state index is -0.461. The molecule has 0 unspecified atom stereocenters. The normalized spacial score (nSPS) is 9.89. The monoisotopic (exact) mass is 269 g/mol. The summed E-state index contributed by atoms with van der Waals surface area (Å²) in [5, 5.41) is 0.616. The molecule has 94 valence electrons. The second-order valence-corrected chi connectivity index (χ2v) is 4.53. The highest BCUT2D eigenvalue weighted by Crippen LogP contribution is 2.29. The average molecular weight is 270 g/mol. The smallest absolute Gasteiger partial charge is 0.249 e. The second kappa shape index (κ2) is 5.60. The van der Waals surface area contributed by atoms with Gasteiger partial charge in [-0.05, 0) is 34.9 Å². The number of carbonyl (C=O) groups excluding carboxylic acids is 1. The summed E-state index contributed by atoms with van der Waals surface area (Å²) in [5.74, 6) is 2.13. The Morgan fingerprint density at radius 2 is 1.95 bits per heavy atom. The summed E-state index contributed by atoms with van der Waals surface area (Å²) >= 11 is 5.98. The molecule has 0 saturated heterocycles. The zero-order valence-electron chi connectivity index (χ0n) is 10.2. The highest BCUT2D eigenvalue weighted by Gasteiger charge is 2.12. The van der Waals surface area contributed by atoms with Crippen molar-refractivity contribution < 1.29 is 4.79 Å². The van der Waals surface area contributed by atoms with Crippen LogP contribution < -0.4 is 5.73 Å². The van der Waals surface area contributed by atoms with Crippen LogP contribution >= 0.6 is 11.6 Å². The lowest BCUT2D eigenvalue weighted by molar-refractivity contribution is 0.100. The molecule has 0 heterocycles. The zero-order chi connectivity index (χ0) is 13.8. The number of rotatable bonds is 3. The SMILES string of the molecule is C#CCc1cc(Cl)ccc1-c1ccccc1C(N)=O. The zero-order valence-corrected chi connectivity index (χ0v) is 10.9. The van der Waals surface area contributed by atoms with E-state index >= 15 is 0 Å². The first-order chi connectivity index (χ1) is 9.13. The third kappa shape index (κ3) is 2.78. The summed E-state index contributed by atoms with van der Waals surface area (Å²) in [6, 6.07) is 12.6. The molecule has 2 N–H and O–H groups in total. The third-order valence-electron chi connectivity index (χ3n) is 2.84. The van der Waals surface area contributed by atoms with Gasteiger partial charge in [-0.1, -0.05) is 35.9 Å². The largest absolute Gasteiger partial charge is 0.366 e. The van der Waals surface area contributed by atoms with Crippen LogP contribution in [0.5, 0.6) is 0 Å². The number of carbonyl (C=O) groups is 1. The molecule has 0 radical (unpaired) electrons. The van der Waals surface area contributed by atoms with Crippen LogP contribution in [0.25, 0.3) is 11.1 Å². The Bertz CT molecular complexity index is 671. The van der Waals surface area contributed by atoms with E-state index in [1.54, 1.807) is 18.2 Å². The van der Waals surface area contributed by atoms with Crippen LogP contribution in [0.15, 0.2) is 42.5 Å². The summed E-state index contributed by atoms with van der Waals surface area (Å²) in [5.41, 5.74) is 8.44. The van der Waals surface area contributed by atoms with E-state index in [1.807, 2.05) is 24.3 Å². The van der Waals surface area contributed by atoms with Gasteiger partial charge < -0.3 is 5.73 Å². The van der Waals surface area contributed by atoms with E-state index in [-0.39, 0.29) is 0 Å². The Hall–Kier alpha value is -2.24. The van der Waals surface area contributed by atoms with E-state index in [1.165, 1.54) is 0 Å². The highest BCUT2D eigenvalue weighted by atomic mass is 35.5. The first-order valence-corrected chi connectivity index (χ1v) is 6.12. The average Bonchev–Trinajstić information content (AvgIpc) is 2.39. The molecule has 2 aromatic carbocycles. The Morgan fingerprint density at radius 3 is 2.63 bits per heavy atom. The van der Waals surface area contributed by atoms with Gasteiger partial charge in [-0.2, -0.15) is 0 Å². The Kier molecular flexibility index (Phi) is 3.89. The molecule has 2 rings (SSSR count). The Labute approximate surface area is 117 Å². The van der Waals surface area contributed by atoms with Gasteiger partial charge in [0.25, 0.3) is 0 Å². The summed E-state index contributed by atoms with van der Waals surface area (Å²) in [7, 11) is 0. The summed E-state index contributed by atoms with van der Waals surface area (Å²) in [6.45, 7) is 0. The number of primary amides is 1. The molecule has 0 aliphatic rings. The molecule has 1 amide bonds. The first kappa shape index (κ1) is 13.2. The van der Waals surface area contributed by atoms with Gasteiger partial charge in [-0.15, -0.1) is 12.3 Å². The molecule has 0 spiro atoms. The molecule has 0 bridgehead atoms. The van der Waals surface area contributed by atoms with E-state index in [0.29, 0.717) is 17.0 Å². The lowest BCUT2D eigenvalue weighted by Crippen LogP contribution is -2.12. The number of terminal acetylenes is 1. The van der Waals surface area contributed by atoms with Crippen molar-refractivity contribution in [3.63, 3.8) is 0 Å². The van der Waals surface area contributed by atoms with Gasteiger partial charge in [-0.25, -0.2) is 0 Å². The number of hydrogen-bond donors (Lipinski definition) is 1. The van der Waals surface area contributed by atoms with Crippen molar-refractivity contribution in [1.82, 2.24) is 0 Å². The maximum atomic E-state index is 11.5. The minimum Gasteiger partial charge on any atom is -0.366 e. The van der Waals surface area contributed by atoms with Crippen molar-refractivity contribution in [2.45, 2.75) is 6.42 Å². The molecule has 0 aromatic heterocycles. The molecule has 3 heteroatoms. The van der Waals surface area contributed by atoms with Crippen LogP contribution in [-0.4, -0.2) is 5.91 Å². The standard InChI is InChI=1S/C16H12ClNO/c1-2-5-11-10-12(17)8-9-13(11)14-6-3-4-7-15(14)16(18)19/h1,3-4,6-10H,5H2,(H2,18,19). The molecule has 0 aliphatic heterocycles. The van der Waals surface area contributed by atoms with E-state index in [2.05, 4.69) is 5.92 Å². The van der Waals surface area contributed by atoms with E-state index in [0.717, 1.165) is 16.7 Å². The molecule has 2 aromatic rings. The fourth-order valence-electron chi connectivity index (χ4n) is 2.01. The number of amides is 1. The predicted octanol–water partition coefficient (Wildman–Crippen LogP) is 3.28. The lowest BCUT2D eigenvalue weighted by atomic mass is 9.94. The molecular formula is C16H12ClNO. The fourth-order valence-corrected chi connectivity index (χ4v) is 2.21. The van der Waals surface area contributed by atoms with Crippen LogP contribution in [-0.2, 0) is 6.42 Å². The minimum absolute atomic E-state index is 0.447. The van der Waals surface area contributed by atoms with Crippen LogP contribution in [0.4, 0.5) is 0 Å². The predicted molar refractivity (Wildman–Crippen MR) is 77.9 cm³/mol. The highest BCUT2D eigenvalue weighted by molar-refractivity contribution is 6.30. The maximum Gasteiger partial charge on any atom is 0.249 e. The van der Waals surface area contributed by atoms with Crippen LogP contribution in [0, 0.1) is 12.3 Å². The van der Waals surface area contributed by atoms with Gasteiger partial charge in [0.05, 0.1) is 0 Å². The van der Waals surface area contributed by atoms with Crippen molar-refractivity contribution in [3.05, 3.63) is 58.6 Å². The van der Waals surface area contributed by atoms with Gasteiger partial charge in [0.1, 0.15) is 0 Å². The molecule has 0 aliphatic carbocycles. The number of halogens is 1. The first-order valence-electron chi connectivity index (χ1n) is 5.74. The number of nitrogens with two attached hydrogens (primary N) is 1. The molecule has 0 fully saturated rings. The third-order valence-corrected chi connectivity index (χ3v) is 3.08. The molecular weight excluding hydrogens is 258 g/mol. The van der Waals surface area contributed by atoms with E-state index < -0.39 is 5.91 Å². The lowest BCUT2D eigenvalue weighted by Gasteiger charge is -2.11. The number of benzene rings is 2. The summed E-state index contributed by atoms with van der Waals surface area (Å²) in [4.78, 5) is 11.5. The van der Waals surface area contributed by atoms with Gasteiger partial charge in [0, 0.05) is 17.0 Å². The van der Waals surface area contributed by atoms with Crippen molar-refractivity contribution >= 4 is 17.5 Å². The van der Waals surface area contributed by atoms with Crippen LogP contribution in [0.2, 0.25) is 5.02 Å². The Morgan fingerprint density at radius 1 is 1.21 bits per heavy atom. The Balaban J connectivity index is 2.66. The van der Waals surface area contributed by atoms with E-state index in [4.69, 9.17) is 23.8 Å².